The summed E-state index contributed by atoms with van der Waals surface area (Å²) in [7, 11) is 1.77. The second-order valence-electron chi connectivity index (χ2n) is 3.83. The summed E-state index contributed by atoms with van der Waals surface area (Å²) in [6.07, 6.45) is 0.741. The summed E-state index contributed by atoms with van der Waals surface area (Å²) in [5, 5.41) is 11.7. The number of rotatable bonds is 5. The van der Waals surface area contributed by atoms with Gasteiger partial charge in [-0.3, -0.25) is 4.79 Å². The van der Waals surface area contributed by atoms with Gasteiger partial charge in [0.15, 0.2) is 5.78 Å². The molecule has 0 bridgehead atoms. The topological polar surface area (TPSA) is 60.7 Å². The van der Waals surface area contributed by atoms with Crippen molar-refractivity contribution in [1.82, 2.24) is 20.2 Å². The Balaban J connectivity index is 2.15. The van der Waals surface area contributed by atoms with Crippen LogP contribution in [0, 0.1) is 0 Å². The molecule has 0 aliphatic carbocycles. The van der Waals surface area contributed by atoms with Crippen LogP contribution in [-0.2, 0) is 7.05 Å². The van der Waals surface area contributed by atoms with Gasteiger partial charge in [0.2, 0.25) is 5.16 Å². The van der Waals surface area contributed by atoms with Crippen LogP contribution in [0.2, 0.25) is 0 Å². The van der Waals surface area contributed by atoms with Gasteiger partial charge in [0.1, 0.15) is 0 Å². The highest BCUT2D eigenvalue weighted by molar-refractivity contribution is 8.00. The molecule has 0 saturated carbocycles. The molecule has 94 valence electrons. The van der Waals surface area contributed by atoms with Crippen LogP contribution < -0.4 is 0 Å². The number of hydrogen-bond donors (Lipinski definition) is 0. The monoisotopic (exact) mass is 262 g/mol. The summed E-state index contributed by atoms with van der Waals surface area (Å²) in [5.74, 6) is 0.117. The molecule has 0 N–H and O–H groups in total. The highest BCUT2D eigenvalue weighted by atomic mass is 32.2. The van der Waals surface area contributed by atoms with Crippen molar-refractivity contribution in [2.24, 2.45) is 7.05 Å². The minimum absolute atomic E-state index is 0.117. The number of carbonyl (C=O) groups excluding carboxylic acids is 1. The molecule has 2 rings (SSSR count). The lowest BCUT2D eigenvalue weighted by Crippen LogP contribution is -2.17. The van der Waals surface area contributed by atoms with E-state index >= 15 is 0 Å². The molecule has 1 aromatic heterocycles. The number of carbonyl (C=O) groups is 1. The predicted molar refractivity (Wildman–Crippen MR) is 69.5 cm³/mol. The van der Waals surface area contributed by atoms with Crippen LogP contribution in [0.15, 0.2) is 35.5 Å². The van der Waals surface area contributed by atoms with Crippen LogP contribution in [0.5, 0.6) is 0 Å². The van der Waals surface area contributed by atoms with E-state index in [1.807, 2.05) is 37.3 Å². The van der Waals surface area contributed by atoms with Crippen LogP contribution in [0.1, 0.15) is 23.7 Å². The highest BCUT2D eigenvalue weighted by Gasteiger charge is 2.21. The van der Waals surface area contributed by atoms with Gasteiger partial charge in [-0.1, -0.05) is 49.0 Å². The van der Waals surface area contributed by atoms with E-state index in [1.165, 1.54) is 11.8 Å². The fourth-order valence-electron chi connectivity index (χ4n) is 1.56. The number of thioether (sulfide) groups is 1. The molecular formula is C12H14N4OS. The van der Waals surface area contributed by atoms with Crippen molar-refractivity contribution in [2.75, 3.05) is 0 Å². The summed E-state index contributed by atoms with van der Waals surface area (Å²) < 4.78 is 1.58. The normalized spacial score (nSPS) is 12.3. The third-order valence-electron chi connectivity index (χ3n) is 2.55. The number of aromatic nitrogens is 4. The fraction of sp³-hybridized carbons (Fsp3) is 0.333. The molecule has 0 spiro atoms. The Morgan fingerprint density at radius 1 is 1.39 bits per heavy atom. The molecule has 1 unspecified atom stereocenters. The average Bonchev–Trinajstić information content (AvgIpc) is 2.81. The van der Waals surface area contributed by atoms with Crippen LogP contribution >= 0.6 is 11.8 Å². The molecule has 1 heterocycles. The van der Waals surface area contributed by atoms with E-state index < -0.39 is 0 Å². The standard InChI is InChI=1S/C12H14N4OS/c1-3-10(18-12-13-14-15-16(12)2)11(17)9-7-5-4-6-8-9/h4-8,10H,3H2,1-2H3. The summed E-state index contributed by atoms with van der Waals surface area (Å²) in [6.45, 7) is 1.99. The van der Waals surface area contributed by atoms with E-state index in [4.69, 9.17) is 0 Å². The molecule has 1 atom stereocenters. The van der Waals surface area contributed by atoms with Crippen LogP contribution in [0.3, 0.4) is 0 Å². The molecule has 18 heavy (non-hydrogen) atoms. The Labute approximate surface area is 110 Å². The number of benzene rings is 1. The van der Waals surface area contributed by atoms with E-state index in [1.54, 1.807) is 11.7 Å². The summed E-state index contributed by atoms with van der Waals surface area (Å²) in [6, 6.07) is 9.31. The molecule has 0 radical (unpaired) electrons. The van der Waals surface area contributed by atoms with Crippen molar-refractivity contribution < 1.29 is 4.79 Å². The van der Waals surface area contributed by atoms with Gasteiger partial charge >= 0.3 is 0 Å². The number of aryl methyl sites for hydroxylation is 1. The van der Waals surface area contributed by atoms with Crippen molar-refractivity contribution in [1.29, 1.82) is 0 Å². The maximum atomic E-state index is 12.3. The van der Waals surface area contributed by atoms with Gasteiger partial charge in [0.05, 0.1) is 5.25 Å². The largest absolute Gasteiger partial charge is 0.293 e. The maximum absolute atomic E-state index is 12.3. The molecule has 2 aromatic rings. The molecule has 0 saturated heterocycles. The first-order valence-electron chi connectivity index (χ1n) is 5.70. The number of Topliss-reactive ketones (excluding diaryl/α,β-unsaturated/α-hetero) is 1. The summed E-state index contributed by atoms with van der Waals surface area (Å²) in [5.41, 5.74) is 0.729. The molecule has 5 nitrogen and oxygen atoms in total. The van der Waals surface area contributed by atoms with E-state index in [9.17, 15) is 4.79 Å². The van der Waals surface area contributed by atoms with E-state index in [2.05, 4.69) is 15.5 Å². The lowest BCUT2D eigenvalue weighted by Gasteiger charge is -2.11. The predicted octanol–water partition coefficient (Wildman–Crippen LogP) is 1.96. The van der Waals surface area contributed by atoms with Gasteiger partial charge in [0.25, 0.3) is 0 Å². The van der Waals surface area contributed by atoms with Crippen LogP contribution in [-0.4, -0.2) is 31.2 Å². The van der Waals surface area contributed by atoms with Crippen molar-refractivity contribution in [3.63, 3.8) is 0 Å². The number of ketones is 1. The van der Waals surface area contributed by atoms with E-state index in [-0.39, 0.29) is 11.0 Å². The number of nitrogens with zero attached hydrogens (tertiary/aromatic N) is 4. The Bertz CT molecular complexity index is 526. The first-order valence-corrected chi connectivity index (χ1v) is 6.58. The fourth-order valence-corrected chi connectivity index (χ4v) is 2.50. The van der Waals surface area contributed by atoms with Crippen molar-refractivity contribution in [3.05, 3.63) is 35.9 Å². The van der Waals surface area contributed by atoms with Crippen molar-refractivity contribution >= 4 is 17.5 Å². The Morgan fingerprint density at radius 3 is 2.67 bits per heavy atom. The lowest BCUT2D eigenvalue weighted by molar-refractivity contribution is 0.0988. The zero-order chi connectivity index (χ0) is 13.0. The van der Waals surface area contributed by atoms with Crippen LogP contribution in [0.4, 0.5) is 0 Å². The summed E-state index contributed by atoms with van der Waals surface area (Å²) in [4.78, 5) is 12.3. The zero-order valence-electron chi connectivity index (χ0n) is 10.3. The minimum atomic E-state index is -0.155. The van der Waals surface area contributed by atoms with E-state index in [0.29, 0.717) is 5.16 Å². The Morgan fingerprint density at radius 2 is 2.11 bits per heavy atom. The quantitative estimate of drug-likeness (QED) is 0.609. The summed E-state index contributed by atoms with van der Waals surface area (Å²) >= 11 is 1.40. The van der Waals surface area contributed by atoms with Crippen molar-refractivity contribution in [3.8, 4) is 0 Å². The van der Waals surface area contributed by atoms with Gasteiger partial charge in [-0.15, -0.1) is 5.10 Å². The maximum Gasteiger partial charge on any atom is 0.209 e. The molecule has 0 aliphatic heterocycles. The van der Waals surface area contributed by atoms with Crippen LogP contribution in [0.25, 0.3) is 0 Å². The first kappa shape index (κ1) is 12.8. The molecule has 0 amide bonds. The first-order chi connectivity index (χ1) is 8.72. The molecule has 0 aliphatic rings. The molecular weight excluding hydrogens is 248 g/mol. The van der Waals surface area contributed by atoms with Gasteiger partial charge in [-0.25, -0.2) is 4.68 Å². The van der Waals surface area contributed by atoms with Gasteiger partial charge in [0, 0.05) is 12.6 Å². The minimum Gasteiger partial charge on any atom is -0.293 e. The number of hydrogen-bond acceptors (Lipinski definition) is 5. The molecule has 6 heteroatoms. The SMILES string of the molecule is CCC(Sc1nnnn1C)C(=O)c1ccccc1. The second kappa shape index (κ2) is 5.77. The lowest BCUT2D eigenvalue weighted by atomic mass is 10.1. The Hall–Kier alpha value is -1.69. The average molecular weight is 262 g/mol. The smallest absolute Gasteiger partial charge is 0.209 e. The van der Waals surface area contributed by atoms with Gasteiger partial charge < -0.3 is 0 Å². The zero-order valence-corrected chi connectivity index (χ0v) is 11.1. The Kier molecular flexibility index (Phi) is 4.09. The third kappa shape index (κ3) is 2.76. The van der Waals surface area contributed by atoms with Gasteiger partial charge in [-0.2, -0.15) is 0 Å². The second-order valence-corrected chi connectivity index (χ2v) is 5.00. The molecule has 0 fully saturated rings. The van der Waals surface area contributed by atoms with E-state index in [0.717, 1.165) is 12.0 Å². The van der Waals surface area contributed by atoms with Crippen molar-refractivity contribution in [2.45, 2.75) is 23.8 Å². The van der Waals surface area contributed by atoms with Gasteiger partial charge in [-0.05, 0) is 16.8 Å². The highest BCUT2D eigenvalue weighted by Crippen LogP contribution is 2.25. The number of tetrazole rings is 1. The molecule has 1 aromatic carbocycles. The third-order valence-corrected chi connectivity index (χ3v) is 3.94.